The highest BCUT2D eigenvalue weighted by molar-refractivity contribution is 5.88. The molecule has 162 valence electrons. The van der Waals surface area contributed by atoms with E-state index in [-0.39, 0.29) is 11.0 Å². The van der Waals surface area contributed by atoms with Gasteiger partial charge in [-0.2, -0.15) is 5.10 Å². The largest absolute Gasteiger partial charge is 0.493 e. The number of aromatic amines is 1. The Morgan fingerprint density at radius 2 is 1.77 bits per heavy atom. The summed E-state index contributed by atoms with van der Waals surface area (Å²) in [4.78, 5) is 11.1. The van der Waals surface area contributed by atoms with Gasteiger partial charge in [-0.25, -0.2) is 4.79 Å². The van der Waals surface area contributed by atoms with E-state index in [4.69, 9.17) is 9.84 Å². The summed E-state index contributed by atoms with van der Waals surface area (Å²) in [6, 6.07) is 15.3. The van der Waals surface area contributed by atoms with Crippen LogP contribution in [0.25, 0.3) is 22.5 Å². The van der Waals surface area contributed by atoms with E-state index in [2.05, 4.69) is 42.2 Å². The quantitative estimate of drug-likeness (QED) is 0.462. The Balaban J connectivity index is 1.66. The monoisotopic (exact) mass is 418 g/mol. The van der Waals surface area contributed by atoms with Crippen molar-refractivity contribution >= 4 is 5.97 Å². The van der Waals surface area contributed by atoms with Crippen LogP contribution in [0.1, 0.15) is 68.3 Å². The number of H-pyrrole nitrogens is 1. The topological polar surface area (TPSA) is 75.2 Å². The van der Waals surface area contributed by atoms with E-state index in [9.17, 15) is 4.79 Å². The van der Waals surface area contributed by atoms with Gasteiger partial charge in [0.2, 0.25) is 0 Å². The number of nitrogens with zero attached hydrogens (tertiary/aromatic N) is 1. The molecule has 3 aromatic rings. The van der Waals surface area contributed by atoms with E-state index in [0.717, 1.165) is 41.3 Å². The fraction of sp³-hybridized carbons (Fsp3) is 0.385. The Bertz CT molecular complexity index is 1050. The van der Waals surface area contributed by atoms with Gasteiger partial charge in [-0.15, -0.1) is 0 Å². The number of carboxylic acids is 1. The first-order chi connectivity index (χ1) is 15.0. The molecule has 5 heteroatoms. The third kappa shape index (κ3) is 4.50. The zero-order valence-electron chi connectivity index (χ0n) is 18.3. The number of aromatic nitrogens is 2. The van der Waals surface area contributed by atoms with Crippen LogP contribution in [0.15, 0.2) is 48.5 Å². The number of benzene rings is 2. The third-order valence-electron chi connectivity index (χ3n) is 6.37. The first-order valence-electron chi connectivity index (χ1n) is 11.2. The van der Waals surface area contributed by atoms with E-state index >= 15 is 0 Å². The lowest BCUT2D eigenvalue weighted by Gasteiger charge is -2.35. The van der Waals surface area contributed by atoms with Gasteiger partial charge < -0.3 is 9.84 Å². The number of aromatic carboxylic acids is 1. The molecular weight excluding hydrogens is 388 g/mol. The smallest absolute Gasteiger partial charge is 0.335 e. The molecule has 0 atom stereocenters. The molecule has 1 fully saturated rings. The van der Waals surface area contributed by atoms with Crippen molar-refractivity contribution in [3.8, 4) is 28.3 Å². The number of nitrogens with one attached hydrogen (secondary N) is 1. The van der Waals surface area contributed by atoms with Crippen molar-refractivity contribution in [1.82, 2.24) is 10.2 Å². The molecule has 0 amide bonds. The predicted molar refractivity (Wildman–Crippen MR) is 123 cm³/mol. The Kier molecular flexibility index (Phi) is 6.12. The number of rotatable bonds is 7. The highest BCUT2D eigenvalue weighted by Gasteiger charge is 2.32. The average molecular weight is 419 g/mol. The second kappa shape index (κ2) is 8.96. The first kappa shape index (κ1) is 21.2. The Morgan fingerprint density at radius 1 is 1.06 bits per heavy atom. The lowest BCUT2D eigenvalue weighted by molar-refractivity contribution is 0.0697. The van der Waals surface area contributed by atoms with E-state index in [1.165, 1.54) is 37.7 Å². The molecule has 2 aromatic carbocycles. The molecule has 1 aliphatic rings. The SMILES string of the molecule is CCCOc1ccc(-c2cc(-c3ccc(C(=O)O)cc3)[nH]n2)cc1C1(C)CCCCC1. The molecule has 1 aromatic heterocycles. The Morgan fingerprint density at radius 3 is 2.45 bits per heavy atom. The molecular formula is C26H30N2O3. The van der Waals surface area contributed by atoms with Gasteiger partial charge in [-0.05, 0) is 66.6 Å². The summed E-state index contributed by atoms with van der Waals surface area (Å²) in [5.74, 6) is 0.0704. The minimum Gasteiger partial charge on any atom is -0.493 e. The van der Waals surface area contributed by atoms with Crippen LogP contribution in [0.5, 0.6) is 5.75 Å². The van der Waals surface area contributed by atoms with Crippen LogP contribution < -0.4 is 4.74 Å². The van der Waals surface area contributed by atoms with Crippen molar-refractivity contribution in [2.45, 2.75) is 57.8 Å². The summed E-state index contributed by atoms with van der Waals surface area (Å²) < 4.78 is 6.12. The molecule has 0 spiro atoms. The molecule has 0 unspecified atom stereocenters. The maximum atomic E-state index is 11.1. The Labute approximate surface area is 183 Å². The maximum absolute atomic E-state index is 11.1. The van der Waals surface area contributed by atoms with E-state index in [1.807, 2.05) is 6.07 Å². The molecule has 5 nitrogen and oxygen atoms in total. The molecule has 0 saturated heterocycles. The summed E-state index contributed by atoms with van der Waals surface area (Å²) in [5.41, 5.74) is 5.40. The second-order valence-electron chi connectivity index (χ2n) is 8.73. The van der Waals surface area contributed by atoms with Crippen molar-refractivity contribution < 1.29 is 14.6 Å². The molecule has 0 aliphatic heterocycles. The summed E-state index contributed by atoms with van der Waals surface area (Å²) in [6.45, 7) is 5.22. The molecule has 0 radical (unpaired) electrons. The fourth-order valence-electron chi connectivity index (χ4n) is 4.51. The average Bonchev–Trinajstić information content (AvgIpc) is 3.28. The molecule has 1 heterocycles. The van der Waals surface area contributed by atoms with Gasteiger partial charge >= 0.3 is 5.97 Å². The number of carboxylic acid groups (broad SMARTS) is 1. The minimum atomic E-state index is -0.925. The standard InChI is InChI=1S/C26H30N2O3/c1-3-15-31-24-12-11-20(16-21(24)26(2)13-5-4-6-14-26)23-17-22(27-28-23)18-7-9-19(10-8-18)25(29)30/h7-12,16-17H,3-6,13-15H2,1-2H3,(H,27,28)(H,29,30). The number of hydrogen-bond donors (Lipinski definition) is 2. The van der Waals surface area contributed by atoms with Crippen molar-refractivity contribution in [2.75, 3.05) is 6.61 Å². The van der Waals surface area contributed by atoms with Gasteiger partial charge in [0.1, 0.15) is 5.75 Å². The van der Waals surface area contributed by atoms with E-state index < -0.39 is 5.97 Å². The normalized spacial score (nSPS) is 15.5. The van der Waals surface area contributed by atoms with Crippen LogP contribution in [0.3, 0.4) is 0 Å². The lowest BCUT2D eigenvalue weighted by atomic mass is 9.70. The van der Waals surface area contributed by atoms with Crippen LogP contribution >= 0.6 is 0 Å². The van der Waals surface area contributed by atoms with Crippen LogP contribution in [-0.4, -0.2) is 27.9 Å². The Hall–Kier alpha value is -3.08. The van der Waals surface area contributed by atoms with Gasteiger partial charge in [0.05, 0.1) is 23.6 Å². The number of hydrogen-bond acceptors (Lipinski definition) is 3. The van der Waals surface area contributed by atoms with Crippen molar-refractivity contribution in [1.29, 1.82) is 0 Å². The molecule has 2 N–H and O–H groups in total. The van der Waals surface area contributed by atoms with Crippen molar-refractivity contribution in [2.24, 2.45) is 0 Å². The summed E-state index contributed by atoms with van der Waals surface area (Å²) in [5, 5.41) is 16.7. The maximum Gasteiger partial charge on any atom is 0.335 e. The third-order valence-corrected chi connectivity index (χ3v) is 6.37. The minimum absolute atomic E-state index is 0.128. The predicted octanol–water partition coefficient (Wildman–Crippen LogP) is 6.45. The van der Waals surface area contributed by atoms with Crippen LogP contribution in [0.2, 0.25) is 0 Å². The molecule has 31 heavy (non-hydrogen) atoms. The summed E-state index contributed by atoms with van der Waals surface area (Å²) in [6.07, 6.45) is 7.17. The van der Waals surface area contributed by atoms with Gasteiger partial charge in [-0.3, -0.25) is 5.10 Å². The summed E-state index contributed by atoms with van der Waals surface area (Å²) in [7, 11) is 0. The zero-order chi connectivity index (χ0) is 21.8. The lowest BCUT2D eigenvalue weighted by Crippen LogP contribution is -2.26. The summed E-state index contributed by atoms with van der Waals surface area (Å²) >= 11 is 0. The fourth-order valence-corrected chi connectivity index (χ4v) is 4.51. The van der Waals surface area contributed by atoms with Crippen LogP contribution in [0.4, 0.5) is 0 Å². The molecule has 1 saturated carbocycles. The van der Waals surface area contributed by atoms with Gasteiger partial charge in [0.15, 0.2) is 0 Å². The van der Waals surface area contributed by atoms with Gasteiger partial charge in [0, 0.05) is 11.1 Å². The van der Waals surface area contributed by atoms with Gasteiger partial charge in [0.25, 0.3) is 0 Å². The van der Waals surface area contributed by atoms with Gasteiger partial charge in [-0.1, -0.05) is 45.2 Å². The zero-order valence-corrected chi connectivity index (χ0v) is 18.3. The number of ether oxygens (including phenoxy) is 1. The van der Waals surface area contributed by atoms with Crippen LogP contribution in [-0.2, 0) is 5.41 Å². The number of carbonyl (C=O) groups is 1. The van der Waals surface area contributed by atoms with Crippen molar-refractivity contribution in [3.05, 3.63) is 59.7 Å². The highest BCUT2D eigenvalue weighted by Crippen LogP contribution is 2.44. The van der Waals surface area contributed by atoms with Crippen molar-refractivity contribution in [3.63, 3.8) is 0 Å². The molecule has 4 rings (SSSR count). The highest BCUT2D eigenvalue weighted by atomic mass is 16.5. The first-order valence-corrected chi connectivity index (χ1v) is 11.2. The molecule has 1 aliphatic carbocycles. The molecule has 0 bridgehead atoms. The van der Waals surface area contributed by atoms with Crippen LogP contribution in [0, 0.1) is 0 Å². The van der Waals surface area contributed by atoms with E-state index in [0.29, 0.717) is 0 Å². The second-order valence-corrected chi connectivity index (χ2v) is 8.73. The van der Waals surface area contributed by atoms with E-state index in [1.54, 1.807) is 24.3 Å².